The smallest absolute Gasteiger partial charge is 0.326 e. The summed E-state index contributed by atoms with van der Waals surface area (Å²) in [4.78, 5) is 38.5. The van der Waals surface area contributed by atoms with Crippen molar-refractivity contribution in [3.63, 3.8) is 0 Å². The number of carboxylic acid groups (broad SMARTS) is 1. The van der Waals surface area contributed by atoms with E-state index in [-0.39, 0.29) is 24.0 Å². The minimum atomic E-state index is -1.10. The molecule has 0 aliphatic carbocycles. The number of aliphatic carboxylic acids is 1. The highest BCUT2D eigenvalue weighted by molar-refractivity contribution is 5.92. The number of hydrogen-bond acceptors (Lipinski definition) is 5. The van der Waals surface area contributed by atoms with Crippen LogP contribution in [0.25, 0.3) is 0 Å². The van der Waals surface area contributed by atoms with Gasteiger partial charge in [0.25, 0.3) is 0 Å². The fourth-order valence-corrected chi connectivity index (χ4v) is 3.42. The molecule has 0 bridgehead atoms. The third-order valence-electron chi connectivity index (χ3n) is 5.03. The number of phenols is 1. The molecule has 1 aliphatic heterocycles. The molecular weight excluding hydrogens is 362 g/mol. The third kappa shape index (κ3) is 5.45. The lowest BCUT2D eigenvalue weighted by Gasteiger charge is -2.37. The van der Waals surface area contributed by atoms with Crippen molar-refractivity contribution in [2.75, 3.05) is 6.54 Å². The van der Waals surface area contributed by atoms with Crippen LogP contribution in [0.3, 0.4) is 0 Å². The molecule has 2 rings (SSSR count). The van der Waals surface area contributed by atoms with Crippen LogP contribution in [0.1, 0.15) is 38.7 Å². The lowest BCUT2D eigenvalue weighted by atomic mass is 9.97. The summed E-state index contributed by atoms with van der Waals surface area (Å²) in [7, 11) is 0. The minimum absolute atomic E-state index is 0.134. The topological polar surface area (TPSA) is 133 Å². The van der Waals surface area contributed by atoms with Gasteiger partial charge in [-0.3, -0.25) is 9.59 Å². The fraction of sp³-hybridized carbons (Fsp3) is 0.550. The summed E-state index contributed by atoms with van der Waals surface area (Å²) in [5, 5.41) is 21.2. The molecule has 28 heavy (non-hydrogen) atoms. The summed E-state index contributed by atoms with van der Waals surface area (Å²) < 4.78 is 0. The Morgan fingerprint density at radius 2 is 1.86 bits per heavy atom. The summed E-state index contributed by atoms with van der Waals surface area (Å²) in [5.41, 5.74) is 6.91. The number of carbonyl (C=O) groups excluding carboxylic acids is 2. The predicted octanol–water partition coefficient (Wildman–Crippen LogP) is 0.869. The van der Waals surface area contributed by atoms with Crippen LogP contribution >= 0.6 is 0 Å². The van der Waals surface area contributed by atoms with Crippen molar-refractivity contribution in [2.24, 2.45) is 11.7 Å². The number of piperidine rings is 1. The van der Waals surface area contributed by atoms with Gasteiger partial charge in [0.15, 0.2) is 0 Å². The van der Waals surface area contributed by atoms with Gasteiger partial charge in [0.05, 0.1) is 6.04 Å². The Balaban J connectivity index is 2.08. The standard InChI is InChI=1S/C20H29N3O5/c1-12(2)17(20(27)28)22-18(25)16-5-3-4-10-23(16)19(26)15(21)11-13-6-8-14(24)9-7-13/h6-9,12,15-17,24H,3-5,10-11,21H2,1-2H3,(H,22,25)(H,27,28)/t15-,16-,17+/m0/s1. The molecule has 5 N–H and O–H groups in total. The van der Waals surface area contributed by atoms with Gasteiger partial charge in [-0.05, 0) is 49.3 Å². The highest BCUT2D eigenvalue weighted by Gasteiger charge is 2.36. The van der Waals surface area contributed by atoms with Crippen LogP contribution in [-0.4, -0.2) is 57.6 Å². The second-order valence-corrected chi connectivity index (χ2v) is 7.59. The van der Waals surface area contributed by atoms with Crippen molar-refractivity contribution in [1.82, 2.24) is 10.2 Å². The van der Waals surface area contributed by atoms with E-state index in [1.165, 1.54) is 17.0 Å². The Morgan fingerprint density at radius 3 is 2.43 bits per heavy atom. The third-order valence-corrected chi connectivity index (χ3v) is 5.03. The summed E-state index contributed by atoms with van der Waals surface area (Å²) in [6.45, 7) is 3.85. The predicted molar refractivity (Wildman–Crippen MR) is 104 cm³/mol. The van der Waals surface area contributed by atoms with Crippen LogP contribution in [0.4, 0.5) is 0 Å². The van der Waals surface area contributed by atoms with E-state index in [0.717, 1.165) is 18.4 Å². The first kappa shape index (κ1) is 21.7. The summed E-state index contributed by atoms with van der Waals surface area (Å²) in [6.07, 6.45) is 2.32. The van der Waals surface area contributed by atoms with Crippen LogP contribution in [0.2, 0.25) is 0 Å². The average Bonchev–Trinajstić information content (AvgIpc) is 2.66. The monoisotopic (exact) mass is 391 g/mol. The quantitative estimate of drug-likeness (QED) is 0.545. The van der Waals surface area contributed by atoms with Gasteiger partial charge in [-0.1, -0.05) is 26.0 Å². The van der Waals surface area contributed by atoms with Crippen molar-refractivity contribution in [2.45, 2.75) is 57.7 Å². The molecule has 1 heterocycles. The van der Waals surface area contributed by atoms with Gasteiger partial charge in [-0.25, -0.2) is 4.79 Å². The van der Waals surface area contributed by atoms with Crippen LogP contribution in [0.15, 0.2) is 24.3 Å². The fourth-order valence-electron chi connectivity index (χ4n) is 3.42. The SMILES string of the molecule is CC(C)[C@@H](NC(=O)[C@@H]1CCCCN1C(=O)[C@@H](N)Cc1ccc(O)cc1)C(=O)O. The van der Waals surface area contributed by atoms with E-state index in [2.05, 4.69) is 5.32 Å². The number of carboxylic acids is 1. The molecule has 1 aliphatic rings. The Labute approximate surface area is 164 Å². The first-order chi connectivity index (χ1) is 13.2. The molecule has 0 saturated carbocycles. The van der Waals surface area contributed by atoms with Crippen molar-refractivity contribution in [3.05, 3.63) is 29.8 Å². The maximum Gasteiger partial charge on any atom is 0.326 e. The van der Waals surface area contributed by atoms with Gasteiger partial charge in [0.2, 0.25) is 11.8 Å². The van der Waals surface area contributed by atoms with Gasteiger partial charge in [-0.2, -0.15) is 0 Å². The van der Waals surface area contributed by atoms with Gasteiger partial charge in [0.1, 0.15) is 17.8 Å². The van der Waals surface area contributed by atoms with Crippen molar-refractivity contribution in [3.8, 4) is 5.75 Å². The number of hydrogen-bond donors (Lipinski definition) is 4. The number of amides is 2. The van der Waals surface area contributed by atoms with Crippen LogP contribution in [-0.2, 0) is 20.8 Å². The number of likely N-dealkylation sites (tertiary alicyclic amines) is 1. The second kappa shape index (κ2) is 9.54. The number of phenolic OH excluding ortho intramolecular Hbond substituents is 1. The largest absolute Gasteiger partial charge is 0.508 e. The first-order valence-electron chi connectivity index (χ1n) is 9.58. The molecule has 0 radical (unpaired) electrons. The number of benzene rings is 1. The molecule has 3 atom stereocenters. The molecule has 0 spiro atoms. The number of aromatic hydroxyl groups is 1. The molecule has 0 unspecified atom stereocenters. The Morgan fingerprint density at radius 1 is 1.21 bits per heavy atom. The number of carbonyl (C=O) groups is 3. The molecule has 0 aromatic heterocycles. The maximum absolute atomic E-state index is 12.9. The second-order valence-electron chi connectivity index (χ2n) is 7.59. The molecule has 2 amide bonds. The molecule has 1 aromatic carbocycles. The summed E-state index contributed by atoms with van der Waals surface area (Å²) in [6, 6.07) is 3.91. The number of rotatable bonds is 7. The Bertz CT molecular complexity index is 704. The van der Waals surface area contributed by atoms with E-state index in [0.29, 0.717) is 13.0 Å². The summed E-state index contributed by atoms with van der Waals surface area (Å²) in [5.74, 6) is -2.02. The van der Waals surface area contributed by atoms with E-state index >= 15 is 0 Å². The van der Waals surface area contributed by atoms with Crippen LogP contribution in [0, 0.1) is 5.92 Å². The van der Waals surface area contributed by atoms with Crippen molar-refractivity contribution in [1.29, 1.82) is 0 Å². The van der Waals surface area contributed by atoms with Crippen molar-refractivity contribution < 1.29 is 24.6 Å². The number of nitrogens with one attached hydrogen (secondary N) is 1. The molecule has 1 saturated heterocycles. The van der Waals surface area contributed by atoms with Gasteiger partial charge in [0, 0.05) is 6.54 Å². The van der Waals surface area contributed by atoms with E-state index in [4.69, 9.17) is 5.73 Å². The van der Waals surface area contributed by atoms with Gasteiger partial charge in [-0.15, -0.1) is 0 Å². The van der Waals surface area contributed by atoms with E-state index in [1.807, 2.05) is 0 Å². The van der Waals surface area contributed by atoms with E-state index < -0.39 is 30.0 Å². The highest BCUT2D eigenvalue weighted by Crippen LogP contribution is 2.20. The van der Waals surface area contributed by atoms with Gasteiger partial charge >= 0.3 is 5.97 Å². The molecule has 154 valence electrons. The van der Waals surface area contributed by atoms with Crippen LogP contribution < -0.4 is 11.1 Å². The normalized spacial score (nSPS) is 19.1. The van der Waals surface area contributed by atoms with E-state index in [9.17, 15) is 24.6 Å². The average molecular weight is 391 g/mol. The number of nitrogens with zero attached hydrogens (tertiary/aromatic N) is 1. The molecule has 1 aromatic rings. The molecule has 1 fully saturated rings. The Kier molecular flexibility index (Phi) is 7.39. The van der Waals surface area contributed by atoms with Crippen molar-refractivity contribution >= 4 is 17.8 Å². The van der Waals surface area contributed by atoms with E-state index in [1.54, 1.807) is 26.0 Å². The molecular formula is C20H29N3O5. The lowest BCUT2D eigenvalue weighted by Crippen LogP contribution is -2.58. The lowest BCUT2D eigenvalue weighted by molar-refractivity contribution is -0.147. The minimum Gasteiger partial charge on any atom is -0.508 e. The molecule has 8 nitrogen and oxygen atoms in total. The summed E-state index contributed by atoms with van der Waals surface area (Å²) >= 11 is 0. The van der Waals surface area contributed by atoms with Gasteiger partial charge < -0.3 is 26.2 Å². The zero-order chi connectivity index (χ0) is 20.8. The zero-order valence-corrected chi connectivity index (χ0v) is 16.3. The van der Waals surface area contributed by atoms with Crippen LogP contribution in [0.5, 0.6) is 5.75 Å². The number of nitrogens with two attached hydrogens (primary N) is 1. The maximum atomic E-state index is 12.9. The first-order valence-corrected chi connectivity index (χ1v) is 9.58. The Hall–Kier alpha value is -2.61. The molecule has 8 heteroatoms. The highest BCUT2D eigenvalue weighted by atomic mass is 16.4. The zero-order valence-electron chi connectivity index (χ0n) is 16.3.